The van der Waals surface area contributed by atoms with Gasteiger partial charge in [0.15, 0.2) is 11.0 Å². The number of anilines is 1. The molecule has 0 aliphatic carbocycles. The summed E-state index contributed by atoms with van der Waals surface area (Å²) in [4.78, 5) is 0. The summed E-state index contributed by atoms with van der Waals surface area (Å²) in [6.07, 6.45) is 0. The van der Waals surface area contributed by atoms with Crippen molar-refractivity contribution in [2.24, 2.45) is 0 Å². The lowest BCUT2D eigenvalue weighted by molar-refractivity contribution is 0.414. The van der Waals surface area contributed by atoms with Crippen LogP contribution in [-0.2, 0) is 12.3 Å². The van der Waals surface area contributed by atoms with E-state index in [-0.39, 0.29) is 0 Å². The van der Waals surface area contributed by atoms with Crippen molar-refractivity contribution < 1.29 is 9.47 Å². The normalized spacial score (nSPS) is 10.6. The number of methoxy groups -OCH3 is 2. The summed E-state index contributed by atoms with van der Waals surface area (Å²) >= 11 is 1.65. The van der Waals surface area contributed by atoms with Gasteiger partial charge in [-0.3, -0.25) is 4.57 Å². The largest absolute Gasteiger partial charge is 0.497 e. The highest BCUT2D eigenvalue weighted by Crippen LogP contribution is 2.28. The minimum Gasteiger partial charge on any atom is -0.497 e. The molecule has 1 heterocycles. The van der Waals surface area contributed by atoms with Crippen molar-refractivity contribution >= 4 is 17.4 Å². The number of nitrogens with one attached hydrogen (secondary N) is 1. The Morgan fingerprint density at radius 2 is 1.68 bits per heavy atom. The third-order valence-electron chi connectivity index (χ3n) is 4.76. The molecule has 0 unspecified atom stereocenters. The summed E-state index contributed by atoms with van der Waals surface area (Å²) in [6.45, 7) is 0.516. The average molecular weight is 433 g/mol. The Labute approximate surface area is 186 Å². The van der Waals surface area contributed by atoms with Crippen LogP contribution in [-0.4, -0.2) is 29.0 Å². The lowest BCUT2D eigenvalue weighted by Crippen LogP contribution is -2.09. The first-order chi connectivity index (χ1) is 15.3. The second kappa shape index (κ2) is 10.0. The average Bonchev–Trinajstić information content (AvgIpc) is 3.25. The molecular weight excluding hydrogens is 408 g/mol. The van der Waals surface area contributed by atoms with E-state index in [1.165, 1.54) is 5.56 Å². The van der Waals surface area contributed by atoms with Gasteiger partial charge in [0.25, 0.3) is 0 Å². The predicted octanol–water partition coefficient (Wildman–Crippen LogP) is 5.19. The lowest BCUT2D eigenvalue weighted by atomic mass is 10.2. The van der Waals surface area contributed by atoms with Gasteiger partial charge in [-0.25, -0.2) is 0 Å². The Hall–Kier alpha value is -3.45. The Morgan fingerprint density at radius 1 is 0.871 bits per heavy atom. The topological polar surface area (TPSA) is 61.2 Å². The molecule has 0 fully saturated rings. The van der Waals surface area contributed by atoms with Crippen molar-refractivity contribution in [1.29, 1.82) is 0 Å². The van der Waals surface area contributed by atoms with E-state index in [1.54, 1.807) is 26.0 Å². The second-order valence-electron chi connectivity index (χ2n) is 6.76. The van der Waals surface area contributed by atoms with E-state index in [1.807, 2.05) is 60.7 Å². The van der Waals surface area contributed by atoms with Crippen molar-refractivity contribution in [1.82, 2.24) is 14.8 Å². The summed E-state index contributed by atoms with van der Waals surface area (Å²) in [5.41, 5.74) is 3.11. The molecule has 3 aromatic carbocycles. The van der Waals surface area contributed by atoms with Gasteiger partial charge >= 0.3 is 0 Å². The Balaban J connectivity index is 1.58. The Morgan fingerprint density at radius 3 is 2.48 bits per heavy atom. The molecule has 0 saturated heterocycles. The maximum absolute atomic E-state index is 5.44. The zero-order valence-corrected chi connectivity index (χ0v) is 18.3. The van der Waals surface area contributed by atoms with Crippen molar-refractivity contribution in [3.63, 3.8) is 0 Å². The fraction of sp³-hybridized carbons (Fsp3) is 0.167. The highest BCUT2D eigenvalue weighted by Gasteiger charge is 2.15. The van der Waals surface area contributed by atoms with Gasteiger partial charge in [0.2, 0.25) is 0 Å². The van der Waals surface area contributed by atoms with Crippen LogP contribution < -0.4 is 14.8 Å². The highest BCUT2D eigenvalue weighted by molar-refractivity contribution is 7.98. The molecule has 1 N–H and O–H groups in total. The minimum atomic E-state index is 0.516. The van der Waals surface area contributed by atoms with Crippen molar-refractivity contribution in [2.75, 3.05) is 19.5 Å². The molecule has 158 valence electrons. The van der Waals surface area contributed by atoms with E-state index in [2.05, 4.69) is 38.3 Å². The van der Waals surface area contributed by atoms with E-state index in [0.717, 1.165) is 39.6 Å². The van der Waals surface area contributed by atoms with Crippen LogP contribution in [0.25, 0.3) is 5.69 Å². The number of ether oxygens (including phenoxy) is 2. The van der Waals surface area contributed by atoms with Crippen LogP contribution >= 0.6 is 11.8 Å². The first kappa shape index (κ1) is 20.8. The van der Waals surface area contributed by atoms with Gasteiger partial charge in [-0.05, 0) is 42.0 Å². The number of rotatable bonds is 9. The molecule has 4 rings (SSSR count). The molecule has 0 bridgehead atoms. The summed E-state index contributed by atoms with van der Waals surface area (Å²) in [7, 11) is 3.35. The maximum atomic E-state index is 5.44. The van der Waals surface area contributed by atoms with Crippen LogP contribution in [0.5, 0.6) is 11.5 Å². The molecule has 6 nitrogen and oxygen atoms in total. The fourth-order valence-electron chi connectivity index (χ4n) is 3.22. The molecule has 0 amide bonds. The second-order valence-corrected chi connectivity index (χ2v) is 7.71. The van der Waals surface area contributed by atoms with Crippen LogP contribution in [0.3, 0.4) is 0 Å². The fourth-order valence-corrected chi connectivity index (χ4v) is 4.13. The summed E-state index contributed by atoms with van der Waals surface area (Å²) in [5, 5.41) is 13.2. The van der Waals surface area contributed by atoms with Crippen LogP contribution in [0.2, 0.25) is 0 Å². The van der Waals surface area contributed by atoms with Crippen LogP contribution in [0, 0.1) is 0 Å². The number of hydrogen-bond donors (Lipinski definition) is 1. The highest BCUT2D eigenvalue weighted by atomic mass is 32.2. The van der Waals surface area contributed by atoms with Crippen LogP contribution in [0.1, 0.15) is 11.4 Å². The lowest BCUT2D eigenvalue weighted by Gasteiger charge is -2.13. The zero-order valence-electron chi connectivity index (χ0n) is 17.5. The molecule has 1 aromatic heterocycles. The van der Waals surface area contributed by atoms with Crippen LogP contribution in [0.4, 0.5) is 5.69 Å². The summed E-state index contributed by atoms with van der Waals surface area (Å²) in [6, 6.07) is 26.1. The number of para-hydroxylation sites is 3. The van der Waals surface area contributed by atoms with Crippen molar-refractivity contribution in [2.45, 2.75) is 17.5 Å². The van der Waals surface area contributed by atoms with E-state index < -0.39 is 0 Å². The molecule has 0 saturated carbocycles. The number of hydrogen-bond acceptors (Lipinski definition) is 6. The molecule has 31 heavy (non-hydrogen) atoms. The zero-order chi connectivity index (χ0) is 21.5. The Bertz CT molecular complexity index is 1130. The van der Waals surface area contributed by atoms with E-state index in [4.69, 9.17) is 9.47 Å². The molecule has 0 radical (unpaired) electrons. The molecular formula is C24H24N4O2S. The first-order valence-electron chi connectivity index (χ1n) is 9.91. The number of thioether (sulfide) groups is 1. The van der Waals surface area contributed by atoms with Gasteiger partial charge in [0, 0.05) is 11.4 Å². The Kier molecular flexibility index (Phi) is 6.74. The minimum absolute atomic E-state index is 0.516. The molecule has 0 aliphatic heterocycles. The molecule has 7 heteroatoms. The van der Waals surface area contributed by atoms with E-state index in [0.29, 0.717) is 6.54 Å². The van der Waals surface area contributed by atoms with E-state index >= 15 is 0 Å². The molecule has 0 aliphatic rings. The van der Waals surface area contributed by atoms with Gasteiger partial charge in [-0.15, -0.1) is 10.2 Å². The number of benzene rings is 3. The quantitative estimate of drug-likeness (QED) is 0.367. The van der Waals surface area contributed by atoms with Crippen molar-refractivity contribution in [3.8, 4) is 17.2 Å². The van der Waals surface area contributed by atoms with Crippen LogP contribution in [0.15, 0.2) is 84.0 Å². The number of aromatic nitrogens is 3. The smallest absolute Gasteiger partial charge is 0.196 e. The van der Waals surface area contributed by atoms with E-state index in [9.17, 15) is 0 Å². The SMILES string of the molecule is COc1cccc(CSc2nnc(CNc3ccccc3OC)n2-c2ccccc2)c1. The summed E-state index contributed by atoms with van der Waals surface area (Å²) < 4.78 is 12.9. The standard InChI is InChI=1S/C24H24N4O2S/c1-29-20-12-8-9-18(15-20)17-31-24-27-26-23(28(24)19-10-4-3-5-11-19)16-25-21-13-6-7-14-22(21)30-2/h3-15,25H,16-17H2,1-2H3. The third-order valence-corrected chi connectivity index (χ3v) is 5.76. The monoisotopic (exact) mass is 432 g/mol. The van der Waals surface area contributed by atoms with Crippen molar-refractivity contribution in [3.05, 3.63) is 90.3 Å². The summed E-state index contributed by atoms with van der Waals surface area (Å²) in [5.74, 6) is 3.23. The predicted molar refractivity (Wildman–Crippen MR) is 124 cm³/mol. The van der Waals surface area contributed by atoms with Gasteiger partial charge in [0.05, 0.1) is 26.5 Å². The molecule has 4 aromatic rings. The number of nitrogens with zero attached hydrogens (tertiary/aromatic N) is 3. The molecule has 0 spiro atoms. The van der Waals surface area contributed by atoms with Gasteiger partial charge in [-0.2, -0.15) is 0 Å². The van der Waals surface area contributed by atoms with Gasteiger partial charge in [-0.1, -0.05) is 54.2 Å². The van der Waals surface area contributed by atoms with Gasteiger partial charge < -0.3 is 14.8 Å². The third kappa shape index (κ3) is 5.00. The molecule has 0 atom stereocenters. The van der Waals surface area contributed by atoms with Gasteiger partial charge in [0.1, 0.15) is 11.5 Å². The first-order valence-corrected chi connectivity index (χ1v) is 10.9. The maximum Gasteiger partial charge on any atom is 0.196 e.